The van der Waals surface area contributed by atoms with Gasteiger partial charge in [0.2, 0.25) is 11.8 Å². The Morgan fingerprint density at radius 2 is 0.912 bits per heavy atom. The maximum absolute atomic E-state index is 13.8. The van der Waals surface area contributed by atoms with Crippen LogP contribution >= 0.6 is 23.2 Å². The number of rotatable bonds is 7. The normalized spacial score (nSPS) is 29.7. The van der Waals surface area contributed by atoms with E-state index in [1.807, 2.05) is 64.1 Å². The molecule has 8 rings (SSSR count). The van der Waals surface area contributed by atoms with Crippen molar-refractivity contribution in [3.63, 3.8) is 0 Å². The number of hydrogen-bond donors (Lipinski definition) is 9. The van der Waals surface area contributed by atoms with Gasteiger partial charge in [-0.25, -0.2) is 9.59 Å². The molecule has 0 aliphatic carbocycles. The molecule has 4 saturated heterocycles. The van der Waals surface area contributed by atoms with Gasteiger partial charge in [0.15, 0.2) is 11.4 Å². The van der Waals surface area contributed by atoms with Crippen LogP contribution in [0.25, 0.3) is 0 Å². The van der Waals surface area contributed by atoms with Crippen molar-refractivity contribution in [2.45, 2.75) is 196 Å². The van der Waals surface area contributed by atoms with Gasteiger partial charge in [-0.05, 0) is 75.9 Å². The number of nitrogens with one attached hydrogen (secondary N) is 2. The Balaban J connectivity index is 0.000000566. The Kier molecular flexibility index (Phi) is 37.2. The Morgan fingerprint density at radius 3 is 1.21 bits per heavy atom. The molecular formula is C67H91Cl2F9N4O28S3Sc. The number of allylic oxidation sites excluding steroid dienone is 6. The summed E-state index contributed by atoms with van der Waals surface area (Å²) >= 11 is 13.3. The van der Waals surface area contributed by atoms with E-state index in [0.717, 1.165) is 22.3 Å². The number of amides is 4. The quantitative estimate of drug-likeness (QED) is 0.0311. The van der Waals surface area contributed by atoms with E-state index >= 15 is 0 Å². The summed E-state index contributed by atoms with van der Waals surface area (Å²) in [5, 5.41) is 47.6. The number of aliphatic hydroxyl groups excluding tert-OH is 1. The number of aliphatic hydroxyl groups is 3. The number of anilines is 2. The van der Waals surface area contributed by atoms with Crippen LogP contribution in [-0.2, 0) is 121 Å². The maximum atomic E-state index is 13.8. The minimum atomic E-state index is -5.84. The largest absolute Gasteiger partial charge is 0.522 e. The van der Waals surface area contributed by atoms with E-state index in [9.17, 15) is 83.6 Å². The van der Waals surface area contributed by atoms with Crippen molar-refractivity contribution in [2.75, 3.05) is 52.3 Å². The molecule has 8 bridgehead atoms. The van der Waals surface area contributed by atoms with Gasteiger partial charge in [-0.1, -0.05) is 112 Å². The van der Waals surface area contributed by atoms with Crippen LogP contribution in [0, 0.1) is 23.7 Å². The van der Waals surface area contributed by atoms with Crippen molar-refractivity contribution in [1.29, 1.82) is 0 Å². The summed E-state index contributed by atoms with van der Waals surface area (Å²) in [4.78, 5) is 77.5. The molecule has 4 amide bonds. The fraction of sp³-hybridized carbons (Fsp3) is 0.612. The third-order valence-electron chi connectivity index (χ3n) is 18.0. The minimum Gasteiger partial charge on any atom is -0.495 e. The molecule has 2 unspecified atom stereocenters. The second-order valence-electron chi connectivity index (χ2n) is 27.4. The van der Waals surface area contributed by atoms with Crippen LogP contribution in [0.3, 0.4) is 0 Å². The third kappa shape index (κ3) is 28.2. The number of epoxide rings is 2. The van der Waals surface area contributed by atoms with Crippen molar-refractivity contribution in [3.05, 3.63) is 93.0 Å². The number of ether oxygens (including phenoxy) is 9. The first-order valence-electron chi connectivity index (χ1n) is 33.3. The van der Waals surface area contributed by atoms with Gasteiger partial charge in [-0.2, -0.15) is 64.8 Å². The average Bonchev–Trinajstić information content (AvgIpc) is 1.58. The Labute approximate surface area is 679 Å². The molecule has 6 heterocycles. The van der Waals surface area contributed by atoms with E-state index in [1.54, 1.807) is 79.9 Å². The van der Waals surface area contributed by atoms with Crippen LogP contribution in [0.15, 0.2) is 71.9 Å². The number of alkyl carbamates (subject to hydrolysis) is 2. The summed E-state index contributed by atoms with van der Waals surface area (Å²) in [6.07, 6.45) is 3.28. The number of carbonyl (C=O) groups excluding carboxylic acids is 5. The van der Waals surface area contributed by atoms with Crippen LogP contribution in [0.5, 0.6) is 11.5 Å². The van der Waals surface area contributed by atoms with Gasteiger partial charge in [0.1, 0.15) is 63.3 Å². The van der Waals surface area contributed by atoms with Gasteiger partial charge in [0, 0.05) is 78.8 Å². The number of aliphatic carboxylic acids is 1. The second-order valence-corrected chi connectivity index (χ2v) is 32.4. The number of methoxy groups -OCH3 is 4. The number of carboxylic acid groups (broad SMARTS) is 1. The van der Waals surface area contributed by atoms with Gasteiger partial charge in [0.05, 0.1) is 68.6 Å². The molecule has 2 aromatic carbocycles. The molecule has 6 aliphatic heterocycles. The minimum absolute atomic E-state index is 0. The number of nitrogens with zero attached hydrogens (tertiary/aromatic N) is 2. The van der Waals surface area contributed by atoms with Gasteiger partial charge in [0.25, 0.3) is 0 Å². The first-order chi connectivity index (χ1) is 51.3. The predicted molar refractivity (Wildman–Crippen MR) is 384 cm³/mol. The summed E-state index contributed by atoms with van der Waals surface area (Å²) in [7, 11) is -8.40. The van der Waals surface area contributed by atoms with Crippen LogP contribution in [0.4, 0.5) is 60.5 Å². The summed E-state index contributed by atoms with van der Waals surface area (Å²) in [5.74, 6) is -2.60. The zero-order valence-electron chi connectivity index (χ0n) is 64.0. The molecule has 32 nitrogen and oxygen atoms in total. The van der Waals surface area contributed by atoms with Gasteiger partial charge in [-0.3, -0.25) is 43.5 Å². The summed E-state index contributed by atoms with van der Waals surface area (Å²) < 4.78 is 224. The molecule has 2 aromatic rings. The molecule has 1 radical (unpaired) electrons. The number of carboxylic acids is 1. The number of hydrogen-bond acceptors (Lipinski definition) is 24. The Hall–Kier alpha value is -6.31. The molecule has 114 heavy (non-hydrogen) atoms. The van der Waals surface area contributed by atoms with Gasteiger partial charge in [-0.15, -0.1) is 0 Å². The van der Waals surface area contributed by atoms with Crippen molar-refractivity contribution in [1.82, 2.24) is 10.6 Å². The van der Waals surface area contributed by atoms with E-state index in [1.165, 1.54) is 38.2 Å². The van der Waals surface area contributed by atoms with E-state index in [4.69, 9.17) is 110 Å². The maximum Gasteiger partial charge on any atom is 0.522 e. The number of esters is 1. The van der Waals surface area contributed by atoms with E-state index in [0.29, 0.717) is 35.7 Å². The van der Waals surface area contributed by atoms with Gasteiger partial charge < -0.3 is 72.9 Å². The van der Waals surface area contributed by atoms with Crippen LogP contribution in [0.1, 0.15) is 106 Å². The molecule has 6 aliphatic rings. The number of benzene rings is 2. The Morgan fingerprint density at radius 1 is 0.596 bits per heavy atom. The average molecular weight is 1780 g/mol. The van der Waals surface area contributed by atoms with Crippen molar-refractivity contribution in [3.8, 4) is 11.5 Å². The second kappa shape index (κ2) is 40.9. The Bertz CT molecular complexity index is 4140. The zero-order chi connectivity index (χ0) is 87.4. The van der Waals surface area contributed by atoms with Crippen molar-refractivity contribution in [2.24, 2.45) is 23.7 Å². The van der Waals surface area contributed by atoms with Crippen LogP contribution in [0.2, 0.25) is 10.0 Å². The molecule has 9 N–H and O–H groups in total. The monoisotopic (exact) mass is 1780 g/mol. The zero-order valence-corrected chi connectivity index (χ0v) is 69.8. The summed E-state index contributed by atoms with van der Waals surface area (Å²) in [6.45, 7) is 17.7. The smallest absolute Gasteiger partial charge is 0.495 e. The summed E-state index contributed by atoms with van der Waals surface area (Å²) in [6, 6.07) is 7.27. The van der Waals surface area contributed by atoms with Crippen molar-refractivity contribution < 1.29 is 196 Å². The molecule has 4 fully saturated rings. The molecule has 0 aromatic heterocycles. The van der Waals surface area contributed by atoms with E-state index < -0.39 is 160 Å². The molecule has 0 spiro atoms. The van der Waals surface area contributed by atoms with E-state index in [-0.39, 0.29) is 79.3 Å². The molecular weight excluding hydrogens is 1690 g/mol. The number of carbonyl (C=O) groups is 6. The topological polar surface area (TPSA) is 467 Å². The molecule has 47 heteroatoms. The van der Waals surface area contributed by atoms with Gasteiger partial charge >= 0.3 is 71.0 Å². The first-order valence-corrected chi connectivity index (χ1v) is 38.4. The third-order valence-corrected chi connectivity index (χ3v) is 20.5. The fourth-order valence-corrected chi connectivity index (χ4v) is 12.0. The fourth-order valence-electron chi connectivity index (χ4n) is 11.3. The number of fused-ring (bicyclic) bond motifs is 10. The number of alkyl halides is 9. The first kappa shape index (κ1) is 104. The summed E-state index contributed by atoms with van der Waals surface area (Å²) in [5.41, 5.74) is -17.7. The predicted octanol–water partition coefficient (Wildman–Crippen LogP) is 9.35. The molecule has 645 valence electrons. The SMILES string of the molecule is CC(C)C(=O)O.COc1cc2cc(c1Cl)N(C)C(=O)C[C@H](O)[C@]1(C)OC1[C@H](C)[C@@H]1C[C@@](O)(NC(=O)O1)[C@H](OC)/C=C/C=C(\C)C2.COc1cc2cc(c1Cl)N(C)C(=O)C[C@H](OC(=O)C(C)C)[C@]1(C)OC1[C@H](C)[C@@H]1C[C@@](O)(NC(=O)O1)[C@H](OC)/C=C/C=C(\C)C2.O=S(=O)(O)C(F)(F)F.O=S(=O)(O)C(F)(F)F.O=S(=O)(O)C(F)(F)F.[Sc]. The van der Waals surface area contributed by atoms with E-state index in [2.05, 4.69) is 10.6 Å². The number of halogens is 11. The molecule has 14 atom stereocenters. The standard InChI is InChI=1S/C32H43ClN2O9.C28H37ClN2O8.C4H8O2.3CHF3O3S.Sc/c1-17(2)29(37)43-25-15-26(36)35(6)21-13-20(14-22(40-7)27(21)33)12-18(3)10-9-11-24(41-8)32(39)16-23(42-30(38)34-32)19(4)28-31(25,5)44-28;1-15-8-7-9-22(37-6)28(35)14-20(38-26(34)30-28)16(2)25-27(3,39-25)21(32)13-23(33)31(4)18-11-17(10-15)12-19(36-5)24(18)29;1-3(2)4(5)6;3*2-1(3,4)8(5,6)7;/h9-11,13-14,17,19,23-25,28,39H,12,15-16H2,1-8H3,(H,34,38);7-9,11-12,16,20-22,25,32,35H,10,13-14H2,1-6H3,(H,30,34);3H,1-2H3,(H,5,6);3*(H,5,6,7);/b11-9+,18-10+;9-7+,15-8+;;;;;/t19-,23+,24-,25+,28?,31+,32+;16-,20+,21+,22-,25?,27+,28+;;;;;/m11...../s1. The molecule has 0 saturated carbocycles. The van der Waals surface area contributed by atoms with Crippen molar-refractivity contribution >= 4 is 101 Å². The van der Waals surface area contributed by atoms with Crippen LogP contribution in [-0.4, -0.2) is 226 Å². The van der Waals surface area contributed by atoms with Crippen LogP contribution < -0.4 is 29.9 Å².